The molecule has 0 radical (unpaired) electrons. The minimum absolute atomic E-state index is 0.0772. The van der Waals surface area contributed by atoms with Crippen LogP contribution in [0.3, 0.4) is 0 Å². The molecule has 2 aromatic rings. The quantitative estimate of drug-likeness (QED) is 0.837. The first-order chi connectivity index (χ1) is 9.63. The molecule has 1 aliphatic heterocycles. The summed E-state index contributed by atoms with van der Waals surface area (Å²) in [5.74, 6) is 0. The van der Waals surface area contributed by atoms with Crippen LogP contribution in [0.2, 0.25) is 5.02 Å². The first kappa shape index (κ1) is 13.0. The van der Waals surface area contributed by atoms with Gasteiger partial charge in [-0.15, -0.1) is 0 Å². The summed E-state index contributed by atoms with van der Waals surface area (Å²) in [4.78, 5) is 14.1. The minimum Gasteiger partial charge on any atom is -0.316 e. The predicted octanol–water partition coefficient (Wildman–Crippen LogP) is 4.20. The Labute approximate surface area is 123 Å². The molecule has 2 aromatic carbocycles. The van der Waals surface area contributed by atoms with E-state index in [1.165, 1.54) is 11.1 Å². The van der Waals surface area contributed by atoms with Gasteiger partial charge in [0.05, 0.1) is 0 Å². The molecule has 1 aliphatic rings. The fraction of sp³-hybridized carbons (Fsp3) is 0.188. The third kappa shape index (κ3) is 2.49. The number of aryl methyl sites for hydroxylation is 1. The predicted molar refractivity (Wildman–Crippen MR) is 80.9 cm³/mol. The molecule has 4 heteroatoms. The van der Waals surface area contributed by atoms with Crippen LogP contribution in [0.15, 0.2) is 42.5 Å². The van der Waals surface area contributed by atoms with Gasteiger partial charge in [-0.2, -0.15) is 0 Å². The van der Waals surface area contributed by atoms with E-state index >= 15 is 0 Å². The number of benzene rings is 2. The van der Waals surface area contributed by atoms with Crippen molar-refractivity contribution < 1.29 is 4.79 Å². The summed E-state index contributed by atoms with van der Waals surface area (Å²) < 4.78 is 0. The van der Waals surface area contributed by atoms with Crippen molar-refractivity contribution in [1.82, 2.24) is 4.90 Å². The van der Waals surface area contributed by atoms with Crippen molar-refractivity contribution in [2.75, 3.05) is 5.32 Å². The second kappa shape index (κ2) is 5.17. The van der Waals surface area contributed by atoms with Crippen LogP contribution in [0.5, 0.6) is 0 Å². The maximum atomic E-state index is 12.3. The summed E-state index contributed by atoms with van der Waals surface area (Å²) in [6, 6.07) is 13.5. The van der Waals surface area contributed by atoms with Gasteiger partial charge in [-0.05, 0) is 41.8 Å². The Morgan fingerprint density at radius 2 is 1.80 bits per heavy atom. The Hall–Kier alpha value is -2.00. The highest BCUT2D eigenvalue weighted by Gasteiger charge is 2.22. The van der Waals surface area contributed by atoms with Gasteiger partial charge in [-0.1, -0.05) is 35.9 Å². The van der Waals surface area contributed by atoms with Gasteiger partial charge in [0.25, 0.3) is 0 Å². The lowest BCUT2D eigenvalue weighted by atomic mass is 10.1. The average Bonchev–Trinajstić information content (AvgIpc) is 2.86. The number of nitrogens with zero attached hydrogens (tertiary/aromatic N) is 1. The van der Waals surface area contributed by atoms with Crippen molar-refractivity contribution in [3.8, 4) is 0 Å². The number of hydrogen-bond donors (Lipinski definition) is 1. The lowest BCUT2D eigenvalue weighted by Crippen LogP contribution is -2.30. The van der Waals surface area contributed by atoms with E-state index in [2.05, 4.69) is 17.4 Å². The molecule has 0 atom stereocenters. The molecule has 1 N–H and O–H groups in total. The highest BCUT2D eigenvalue weighted by atomic mass is 35.5. The third-order valence-electron chi connectivity index (χ3n) is 3.56. The van der Waals surface area contributed by atoms with E-state index in [1.807, 2.05) is 31.2 Å². The van der Waals surface area contributed by atoms with Crippen LogP contribution >= 0.6 is 11.6 Å². The van der Waals surface area contributed by atoms with E-state index in [4.69, 9.17) is 11.6 Å². The second-order valence-electron chi connectivity index (χ2n) is 5.01. The van der Waals surface area contributed by atoms with Crippen molar-refractivity contribution in [2.24, 2.45) is 0 Å². The van der Waals surface area contributed by atoms with Crippen molar-refractivity contribution in [1.29, 1.82) is 0 Å². The SMILES string of the molecule is Cc1cc(Cl)ccc1NC(=O)N1Cc2ccccc2C1. The molecule has 0 unspecified atom stereocenters. The van der Waals surface area contributed by atoms with Gasteiger partial charge in [0, 0.05) is 23.8 Å². The number of carbonyl (C=O) groups is 1. The van der Waals surface area contributed by atoms with Crippen LogP contribution in [0.4, 0.5) is 10.5 Å². The Morgan fingerprint density at radius 1 is 1.15 bits per heavy atom. The molecule has 0 aliphatic carbocycles. The monoisotopic (exact) mass is 286 g/mol. The van der Waals surface area contributed by atoms with Gasteiger partial charge < -0.3 is 10.2 Å². The lowest BCUT2D eigenvalue weighted by molar-refractivity contribution is 0.212. The molecule has 3 nitrogen and oxygen atoms in total. The average molecular weight is 287 g/mol. The van der Waals surface area contributed by atoms with Crippen LogP contribution in [0.25, 0.3) is 0 Å². The first-order valence-electron chi connectivity index (χ1n) is 6.52. The van der Waals surface area contributed by atoms with E-state index in [1.54, 1.807) is 11.0 Å². The fourth-order valence-electron chi connectivity index (χ4n) is 2.44. The molecule has 3 rings (SSSR count). The Morgan fingerprint density at radius 3 is 2.40 bits per heavy atom. The van der Waals surface area contributed by atoms with Crippen LogP contribution < -0.4 is 5.32 Å². The summed E-state index contributed by atoms with van der Waals surface area (Å²) in [6.07, 6.45) is 0. The molecule has 0 aromatic heterocycles. The maximum absolute atomic E-state index is 12.3. The normalized spacial score (nSPS) is 13.2. The summed E-state index contributed by atoms with van der Waals surface area (Å²) in [7, 11) is 0. The lowest BCUT2D eigenvalue weighted by Gasteiger charge is -2.17. The highest BCUT2D eigenvalue weighted by molar-refractivity contribution is 6.30. The third-order valence-corrected chi connectivity index (χ3v) is 3.79. The zero-order chi connectivity index (χ0) is 14.1. The van der Waals surface area contributed by atoms with Gasteiger partial charge >= 0.3 is 6.03 Å². The number of carbonyl (C=O) groups excluding carboxylic acids is 1. The summed E-state index contributed by atoms with van der Waals surface area (Å²) in [5.41, 5.74) is 4.20. The molecule has 102 valence electrons. The summed E-state index contributed by atoms with van der Waals surface area (Å²) in [5, 5.41) is 3.62. The van der Waals surface area contributed by atoms with E-state index in [0.717, 1.165) is 11.3 Å². The van der Waals surface area contributed by atoms with Crippen LogP contribution in [0, 0.1) is 6.92 Å². The van der Waals surface area contributed by atoms with Gasteiger partial charge in [-0.3, -0.25) is 0 Å². The number of hydrogen-bond acceptors (Lipinski definition) is 1. The van der Waals surface area contributed by atoms with E-state index in [0.29, 0.717) is 18.1 Å². The second-order valence-corrected chi connectivity index (χ2v) is 5.45. The smallest absolute Gasteiger partial charge is 0.316 e. The molecule has 0 saturated carbocycles. The Kier molecular flexibility index (Phi) is 3.36. The zero-order valence-electron chi connectivity index (χ0n) is 11.2. The van der Waals surface area contributed by atoms with Crippen molar-refractivity contribution >= 4 is 23.3 Å². The van der Waals surface area contributed by atoms with Crippen LogP contribution in [-0.2, 0) is 13.1 Å². The minimum atomic E-state index is -0.0772. The molecule has 0 spiro atoms. The van der Waals surface area contributed by atoms with Gasteiger partial charge in [0.1, 0.15) is 0 Å². The summed E-state index contributed by atoms with van der Waals surface area (Å²) >= 11 is 5.92. The van der Waals surface area contributed by atoms with Gasteiger partial charge in [-0.25, -0.2) is 4.79 Å². The fourth-order valence-corrected chi connectivity index (χ4v) is 2.67. The Bertz CT molecular complexity index is 644. The first-order valence-corrected chi connectivity index (χ1v) is 6.90. The molecule has 1 heterocycles. The largest absolute Gasteiger partial charge is 0.322 e. The van der Waals surface area contributed by atoms with Gasteiger partial charge in [0.2, 0.25) is 0 Å². The van der Waals surface area contributed by atoms with E-state index in [-0.39, 0.29) is 6.03 Å². The molecule has 20 heavy (non-hydrogen) atoms. The topological polar surface area (TPSA) is 32.3 Å². The molecule has 0 saturated heterocycles. The number of anilines is 1. The van der Waals surface area contributed by atoms with E-state index in [9.17, 15) is 4.79 Å². The van der Waals surface area contributed by atoms with Crippen molar-refractivity contribution in [2.45, 2.75) is 20.0 Å². The summed E-state index contributed by atoms with van der Waals surface area (Å²) in [6.45, 7) is 3.25. The van der Waals surface area contributed by atoms with Crippen LogP contribution in [0.1, 0.15) is 16.7 Å². The number of rotatable bonds is 1. The highest BCUT2D eigenvalue weighted by Crippen LogP contribution is 2.24. The standard InChI is InChI=1S/C16H15ClN2O/c1-11-8-14(17)6-7-15(11)18-16(20)19-9-12-4-2-3-5-13(12)10-19/h2-8H,9-10H2,1H3,(H,18,20). The molecule has 2 amide bonds. The number of nitrogens with one attached hydrogen (secondary N) is 1. The van der Waals surface area contributed by atoms with Crippen molar-refractivity contribution in [3.63, 3.8) is 0 Å². The number of urea groups is 1. The number of halogens is 1. The Balaban J connectivity index is 1.72. The molecule has 0 bridgehead atoms. The van der Waals surface area contributed by atoms with E-state index < -0.39 is 0 Å². The van der Waals surface area contributed by atoms with Gasteiger partial charge in [0.15, 0.2) is 0 Å². The molecular formula is C16H15ClN2O. The maximum Gasteiger partial charge on any atom is 0.322 e. The van der Waals surface area contributed by atoms with Crippen molar-refractivity contribution in [3.05, 3.63) is 64.2 Å². The number of amides is 2. The van der Waals surface area contributed by atoms with Crippen LogP contribution in [-0.4, -0.2) is 10.9 Å². The molecular weight excluding hydrogens is 272 g/mol. The molecule has 0 fully saturated rings. The zero-order valence-corrected chi connectivity index (χ0v) is 11.9. The number of fused-ring (bicyclic) bond motifs is 1.